The van der Waals surface area contributed by atoms with Gasteiger partial charge in [0.15, 0.2) is 0 Å². The molecule has 1 heterocycles. The summed E-state index contributed by atoms with van der Waals surface area (Å²) in [5, 5.41) is 11.7. The molecule has 0 saturated heterocycles. The standard InChI is InChI=1S/C16H19FN2O2S/c1-2-19(7-8-20)16(21)10-14-11-22-15(18-14)9-12-3-5-13(17)6-4-12/h3-6,11,20H,2,7-10H2,1H3. The van der Waals surface area contributed by atoms with Gasteiger partial charge in [0.1, 0.15) is 5.82 Å². The van der Waals surface area contributed by atoms with E-state index in [0.717, 1.165) is 16.3 Å². The van der Waals surface area contributed by atoms with Crippen LogP contribution in [-0.4, -0.2) is 40.6 Å². The SMILES string of the molecule is CCN(CCO)C(=O)Cc1csc(Cc2ccc(F)cc2)n1. The summed E-state index contributed by atoms with van der Waals surface area (Å²) in [6.07, 6.45) is 0.876. The zero-order valence-electron chi connectivity index (χ0n) is 12.5. The van der Waals surface area contributed by atoms with Crippen LogP contribution in [-0.2, 0) is 17.6 Å². The Hall–Kier alpha value is -1.79. The molecule has 0 aliphatic carbocycles. The number of aromatic nitrogens is 1. The van der Waals surface area contributed by atoms with E-state index < -0.39 is 0 Å². The third-order valence-electron chi connectivity index (χ3n) is 3.30. The second kappa shape index (κ2) is 8.00. The normalized spacial score (nSPS) is 10.7. The molecule has 22 heavy (non-hydrogen) atoms. The van der Waals surface area contributed by atoms with Crippen molar-refractivity contribution in [3.8, 4) is 0 Å². The molecule has 0 atom stereocenters. The first-order valence-corrected chi connectivity index (χ1v) is 8.06. The lowest BCUT2D eigenvalue weighted by atomic mass is 10.1. The molecule has 2 rings (SSSR count). The minimum absolute atomic E-state index is 0.0322. The first-order chi connectivity index (χ1) is 10.6. The number of likely N-dealkylation sites (N-methyl/N-ethyl adjacent to an activating group) is 1. The average molecular weight is 322 g/mol. The molecule has 118 valence electrons. The van der Waals surface area contributed by atoms with Crippen molar-refractivity contribution < 1.29 is 14.3 Å². The van der Waals surface area contributed by atoms with Gasteiger partial charge in [0.05, 0.1) is 23.7 Å². The summed E-state index contributed by atoms with van der Waals surface area (Å²) >= 11 is 1.50. The summed E-state index contributed by atoms with van der Waals surface area (Å²) in [7, 11) is 0. The third kappa shape index (κ3) is 4.61. The molecule has 0 aliphatic rings. The van der Waals surface area contributed by atoms with Gasteiger partial charge in [-0.05, 0) is 24.6 Å². The van der Waals surface area contributed by atoms with Crippen molar-refractivity contribution in [2.75, 3.05) is 19.7 Å². The van der Waals surface area contributed by atoms with Gasteiger partial charge in [0, 0.05) is 24.9 Å². The Morgan fingerprint density at radius 3 is 2.73 bits per heavy atom. The fraction of sp³-hybridized carbons (Fsp3) is 0.375. The highest BCUT2D eigenvalue weighted by Gasteiger charge is 2.14. The second-order valence-corrected chi connectivity index (χ2v) is 5.85. The number of rotatable bonds is 7. The van der Waals surface area contributed by atoms with Crippen LogP contribution in [0.4, 0.5) is 4.39 Å². The number of halogens is 1. The lowest BCUT2D eigenvalue weighted by Gasteiger charge is -2.18. The molecule has 2 aromatic rings. The Labute approximate surface area is 133 Å². The number of benzene rings is 1. The van der Waals surface area contributed by atoms with E-state index >= 15 is 0 Å². The van der Waals surface area contributed by atoms with Gasteiger partial charge >= 0.3 is 0 Å². The van der Waals surface area contributed by atoms with Crippen LogP contribution in [0.2, 0.25) is 0 Å². The van der Waals surface area contributed by atoms with Gasteiger partial charge < -0.3 is 10.0 Å². The number of thiazole rings is 1. The number of carbonyl (C=O) groups excluding carboxylic acids is 1. The first kappa shape index (κ1) is 16.6. The lowest BCUT2D eigenvalue weighted by Crippen LogP contribution is -2.34. The predicted molar refractivity (Wildman–Crippen MR) is 84.4 cm³/mol. The van der Waals surface area contributed by atoms with E-state index in [1.165, 1.54) is 23.5 Å². The maximum atomic E-state index is 12.9. The number of hydrogen-bond acceptors (Lipinski definition) is 4. The molecule has 1 amide bonds. The quantitative estimate of drug-likeness (QED) is 0.851. The van der Waals surface area contributed by atoms with Gasteiger partial charge in [0.25, 0.3) is 0 Å². The molecular weight excluding hydrogens is 303 g/mol. The zero-order chi connectivity index (χ0) is 15.9. The van der Waals surface area contributed by atoms with Gasteiger partial charge in [-0.2, -0.15) is 0 Å². The molecule has 1 aromatic heterocycles. The van der Waals surface area contributed by atoms with Crippen LogP contribution in [0.1, 0.15) is 23.2 Å². The second-order valence-electron chi connectivity index (χ2n) is 4.91. The molecule has 1 aromatic carbocycles. The van der Waals surface area contributed by atoms with E-state index in [1.807, 2.05) is 12.3 Å². The van der Waals surface area contributed by atoms with Crippen molar-refractivity contribution in [2.45, 2.75) is 19.8 Å². The van der Waals surface area contributed by atoms with Gasteiger partial charge in [-0.25, -0.2) is 9.37 Å². The van der Waals surface area contributed by atoms with Crippen LogP contribution >= 0.6 is 11.3 Å². The van der Waals surface area contributed by atoms with E-state index in [0.29, 0.717) is 19.5 Å². The fourth-order valence-corrected chi connectivity index (χ4v) is 2.96. The lowest BCUT2D eigenvalue weighted by molar-refractivity contribution is -0.130. The molecule has 0 unspecified atom stereocenters. The molecule has 0 radical (unpaired) electrons. The zero-order valence-corrected chi connectivity index (χ0v) is 13.3. The first-order valence-electron chi connectivity index (χ1n) is 7.18. The molecule has 4 nitrogen and oxygen atoms in total. The predicted octanol–water partition coefficient (Wildman–Crippen LogP) is 2.26. The van der Waals surface area contributed by atoms with Gasteiger partial charge in [-0.3, -0.25) is 4.79 Å². The molecule has 1 N–H and O–H groups in total. The Morgan fingerprint density at radius 2 is 2.09 bits per heavy atom. The van der Waals surface area contributed by atoms with Crippen LogP contribution in [0.3, 0.4) is 0 Å². The molecular formula is C16H19FN2O2S. The summed E-state index contributed by atoms with van der Waals surface area (Å²) < 4.78 is 12.9. The van der Waals surface area contributed by atoms with E-state index in [-0.39, 0.29) is 24.8 Å². The average Bonchev–Trinajstić information content (AvgIpc) is 2.94. The molecule has 0 spiro atoms. The number of hydrogen-bond donors (Lipinski definition) is 1. The van der Waals surface area contributed by atoms with Gasteiger partial charge in [0.2, 0.25) is 5.91 Å². The molecule has 6 heteroatoms. The van der Waals surface area contributed by atoms with E-state index in [9.17, 15) is 9.18 Å². The minimum atomic E-state index is -0.252. The van der Waals surface area contributed by atoms with Crippen molar-refractivity contribution >= 4 is 17.2 Å². The number of amides is 1. The maximum Gasteiger partial charge on any atom is 0.228 e. The molecule has 0 aliphatic heterocycles. The fourth-order valence-electron chi connectivity index (χ4n) is 2.13. The van der Waals surface area contributed by atoms with E-state index in [4.69, 9.17) is 5.11 Å². The van der Waals surface area contributed by atoms with Crippen molar-refractivity contribution in [2.24, 2.45) is 0 Å². The summed E-state index contributed by atoms with van der Waals surface area (Å²) in [6.45, 7) is 2.77. The molecule has 0 bridgehead atoms. The number of aliphatic hydroxyl groups excluding tert-OH is 1. The van der Waals surface area contributed by atoms with Crippen molar-refractivity contribution in [3.05, 3.63) is 51.7 Å². The van der Waals surface area contributed by atoms with Gasteiger partial charge in [-0.15, -0.1) is 11.3 Å². The Balaban J connectivity index is 1.96. The smallest absolute Gasteiger partial charge is 0.228 e. The minimum Gasteiger partial charge on any atom is -0.395 e. The van der Waals surface area contributed by atoms with E-state index in [2.05, 4.69) is 4.98 Å². The Kier molecular flexibility index (Phi) is 6.03. The third-order valence-corrected chi connectivity index (χ3v) is 4.20. The van der Waals surface area contributed by atoms with Crippen LogP contribution in [0, 0.1) is 5.82 Å². The summed E-state index contributed by atoms with van der Waals surface area (Å²) in [4.78, 5) is 18.1. The van der Waals surface area contributed by atoms with E-state index in [1.54, 1.807) is 17.0 Å². The highest BCUT2D eigenvalue weighted by atomic mass is 32.1. The summed E-state index contributed by atoms with van der Waals surface area (Å²) in [5.41, 5.74) is 1.73. The van der Waals surface area contributed by atoms with Crippen LogP contribution < -0.4 is 0 Å². The maximum absolute atomic E-state index is 12.9. The molecule has 0 fully saturated rings. The van der Waals surface area contributed by atoms with Crippen molar-refractivity contribution in [3.63, 3.8) is 0 Å². The van der Waals surface area contributed by atoms with Crippen molar-refractivity contribution in [1.82, 2.24) is 9.88 Å². The number of aliphatic hydroxyl groups is 1. The number of nitrogens with zero attached hydrogens (tertiary/aromatic N) is 2. The highest BCUT2D eigenvalue weighted by molar-refractivity contribution is 7.09. The van der Waals surface area contributed by atoms with Crippen LogP contribution in [0.15, 0.2) is 29.6 Å². The van der Waals surface area contributed by atoms with Crippen LogP contribution in [0.25, 0.3) is 0 Å². The summed E-state index contributed by atoms with van der Waals surface area (Å²) in [6, 6.07) is 6.34. The van der Waals surface area contributed by atoms with Crippen LogP contribution in [0.5, 0.6) is 0 Å². The van der Waals surface area contributed by atoms with Gasteiger partial charge in [-0.1, -0.05) is 12.1 Å². The largest absolute Gasteiger partial charge is 0.395 e. The highest BCUT2D eigenvalue weighted by Crippen LogP contribution is 2.16. The number of carbonyl (C=O) groups is 1. The molecule has 0 saturated carbocycles. The summed E-state index contributed by atoms with van der Waals surface area (Å²) in [5.74, 6) is -0.284. The monoisotopic (exact) mass is 322 g/mol. The van der Waals surface area contributed by atoms with Crippen molar-refractivity contribution in [1.29, 1.82) is 0 Å². The Morgan fingerprint density at radius 1 is 1.36 bits per heavy atom. The Bertz CT molecular complexity index is 613. The topological polar surface area (TPSA) is 53.4 Å².